The van der Waals surface area contributed by atoms with Crippen LogP contribution in [0.4, 0.5) is 0 Å². The summed E-state index contributed by atoms with van der Waals surface area (Å²) in [5, 5.41) is 5.39. The van der Waals surface area contributed by atoms with E-state index in [1.165, 1.54) is 12.2 Å². The van der Waals surface area contributed by atoms with Crippen LogP contribution in [0.1, 0.15) is 51.4 Å². The number of hydrogen-bond donors (Lipinski definition) is 2. The van der Waals surface area contributed by atoms with E-state index in [2.05, 4.69) is 22.8 Å². The highest BCUT2D eigenvalue weighted by molar-refractivity contribution is 6.23. The predicted octanol–water partition coefficient (Wildman–Crippen LogP) is 3.41. The van der Waals surface area contributed by atoms with E-state index >= 15 is 0 Å². The number of hydrogen-bond acceptors (Lipinski definition) is 4. The van der Waals surface area contributed by atoms with Crippen LogP contribution in [0.3, 0.4) is 0 Å². The van der Waals surface area contributed by atoms with Gasteiger partial charge in [0.2, 0.25) is 17.5 Å². The standard InChI is InChI=1S/C22H28N2O3/c1-23-21-17-14-12-10-8-6-4-2-3-5-7-9-11-13-15-20(26)24-18(22(17)27)16-19(21)25/h2-3,9,11,13,15-16,23H,4-8,10,12,14H2,1H3,(H,24,26)/b3-2+,11-9+,15-13+. The number of fused-ring (bicyclic) bond motifs is 2. The monoisotopic (exact) mass is 368 g/mol. The molecule has 0 fully saturated rings. The van der Waals surface area contributed by atoms with E-state index < -0.39 is 5.91 Å². The summed E-state index contributed by atoms with van der Waals surface area (Å²) in [5.74, 6) is -0.975. The van der Waals surface area contributed by atoms with E-state index in [9.17, 15) is 14.4 Å². The summed E-state index contributed by atoms with van der Waals surface area (Å²) < 4.78 is 0. The zero-order chi connectivity index (χ0) is 19.5. The maximum absolute atomic E-state index is 12.7. The molecule has 5 heteroatoms. The Balaban J connectivity index is 2.16. The number of ketones is 2. The number of allylic oxidation sites excluding steroid dienone is 7. The SMILES string of the molecule is CNC1=C2CCCCCC/C=C/CC/C=C/C=C/C(=O)NC(=CC1=O)C2=O. The molecule has 2 bridgehead atoms. The lowest BCUT2D eigenvalue weighted by Gasteiger charge is -2.19. The number of carbonyl (C=O) groups excluding carboxylic acids is 3. The van der Waals surface area contributed by atoms with Crippen molar-refractivity contribution in [3.8, 4) is 0 Å². The molecule has 0 unspecified atom stereocenters. The lowest BCUT2D eigenvalue weighted by molar-refractivity contribution is -0.119. The third kappa shape index (κ3) is 6.51. The molecule has 2 aliphatic rings. The van der Waals surface area contributed by atoms with Crippen LogP contribution in [0.15, 0.2) is 59.5 Å². The minimum atomic E-state index is -0.419. The van der Waals surface area contributed by atoms with Crippen molar-refractivity contribution < 1.29 is 14.4 Å². The molecule has 1 amide bonds. The Morgan fingerprint density at radius 1 is 0.889 bits per heavy atom. The van der Waals surface area contributed by atoms with Crippen molar-refractivity contribution in [2.45, 2.75) is 51.4 Å². The van der Waals surface area contributed by atoms with Gasteiger partial charge >= 0.3 is 0 Å². The highest BCUT2D eigenvalue weighted by Crippen LogP contribution is 2.22. The molecule has 144 valence electrons. The first-order chi connectivity index (χ1) is 13.1. The van der Waals surface area contributed by atoms with Gasteiger partial charge in [0.25, 0.3) is 0 Å². The molecule has 2 rings (SSSR count). The average Bonchev–Trinajstić information content (AvgIpc) is 2.64. The summed E-state index contributed by atoms with van der Waals surface area (Å²) in [6, 6.07) is 0. The molecule has 0 atom stereocenters. The van der Waals surface area contributed by atoms with Crippen molar-refractivity contribution in [1.29, 1.82) is 0 Å². The lowest BCUT2D eigenvalue weighted by Crippen LogP contribution is -2.34. The quantitative estimate of drug-likeness (QED) is 0.549. The Bertz CT molecular complexity index is 724. The number of rotatable bonds is 1. The van der Waals surface area contributed by atoms with Gasteiger partial charge in [-0.15, -0.1) is 0 Å². The molecule has 5 nitrogen and oxygen atoms in total. The molecular formula is C22H28N2O3. The van der Waals surface area contributed by atoms with Gasteiger partial charge in [0.05, 0.1) is 11.4 Å². The first kappa shape index (κ1) is 20.6. The third-order valence-corrected chi connectivity index (χ3v) is 4.56. The van der Waals surface area contributed by atoms with Crippen molar-refractivity contribution in [3.63, 3.8) is 0 Å². The van der Waals surface area contributed by atoms with Crippen molar-refractivity contribution >= 4 is 17.5 Å². The zero-order valence-corrected chi connectivity index (χ0v) is 15.9. The number of Topliss-reactive ketones (excluding diaryl/α,β-unsaturated/α-hetero) is 1. The second-order valence-corrected chi connectivity index (χ2v) is 6.63. The number of likely N-dealkylation sites (N-methyl/N-ethyl adjacent to an activating group) is 1. The zero-order valence-electron chi connectivity index (χ0n) is 15.9. The van der Waals surface area contributed by atoms with Crippen LogP contribution < -0.4 is 10.6 Å². The normalized spacial score (nSPS) is 24.0. The average molecular weight is 368 g/mol. The number of nitrogens with one attached hydrogen (secondary N) is 2. The van der Waals surface area contributed by atoms with E-state index in [0.29, 0.717) is 17.7 Å². The predicted molar refractivity (Wildman–Crippen MR) is 107 cm³/mol. The maximum Gasteiger partial charge on any atom is 0.248 e. The molecule has 1 aliphatic carbocycles. The fourth-order valence-corrected chi connectivity index (χ4v) is 3.14. The highest BCUT2D eigenvalue weighted by atomic mass is 16.2. The molecule has 0 radical (unpaired) electrons. The van der Waals surface area contributed by atoms with Crippen LogP contribution in [0.2, 0.25) is 0 Å². The van der Waals surface area contributed by atoms with Gasteiger partial charge in [-0.05, 0) is 38.5 Å². The first-order valence-corrected chi connectivity index (χ1v) is 9.64. The smallest absolute Gasteiger partial charge is 0.248 e. The molecule has 27 heavy (non-hydrogen) atoms. The molecule has 0 aromatic carbocycles. The minimum Gasteiger partial charge on any atom is -0.385 e. The van der Waals surface area contributed by atoms with Gasteiger partial charge in [0.1, 0.15) is 0 Å². The van der Waals surface area contributed by atoms with Crippen LogP contribution >= 0.6 is 0 Å². The molecule has 2 N–H and O–H groups in total. The second-order valence-electron chi connectivity index (χ2n) is 6.63. The molecule has 0 spiro atoms. The van der Waals surface area contributed by atoms with Crippen LogP contribution in [-0.4, -0.2) is 24.5 Å². The van der Waals surface area contributed by atoms with Gasteiger partial charge in [-0.3, -0.25) is 14.4 Å². The minimum absolute atomic E-state index is 0.0507. The van der Waals surface area contributed by atoms with Crippen molar-refractivity contribution in [2.24, 2.45) is 0 Å². The highest BCUT2D eigenvalue weighted by Gasteiger charge is 2.28. The maximum atomic E-state index is 12.7. The van der Waals surface area contributed by atoms with E-state index in [1.807, 2.05) is 12.2 Å². The first-order valence-electron chi connectivity index (χ1n) is 9.64. The second kappa shape index (κ2) is 11.1. The van der Waals surface area contributed by atoms with Gasteiger partial charge in [0, 0.05) is 24.8 Å². The Morgan fingerprint density at radius 2 is 1.63 bits per heavy atom. The van der Waals surface area contributed by atoms with Gasteiger partial charge in [-0.1, -0.05) is 43.2 Å². The lowest BCUT2D eigenvalue weighted by atomic mass is 9.92. The van der Waals surface area contributed by atoms with E-state index in [4.69, 9.17) is 0 Å². The summed E-state index contributed by atoms with van der Waals surface area (Å²) in [6.07, 6.45) is 20.0. The third-order valence-electron chi connectivity index (χ3n) is 4.56. The van der Waals surface area contributed by atoms with Crippen LogP contribution in [0.5, 0.6) is 0 Å². The van der Waals surface area contributed by atoms with E-state index in [0.717, 1.165) is 44.9 Å². The Morgan fingerprint density at radius 3 is 2.44 bits per heavy atom. The summed E-state index contributed by atoms with van der Waals surface area (Å²) >= 11 is 0. The largest absolute Gasteiger partial charge is 0.385 e. The Hall–Kier alpha value is -2.69. The van der Waals surface area contributed by atoms with Gasteiger partial charge in [0.15, 0.2) is 0 Å². The molecule has 0 saturated carbocycles. The van der Waals surface area contributed by atoms with Crippen molar-refractivity contribution in [1.82, 2.24) is 10.6 Å². The fraction of sp³-hybridized carbons (Fsp3) is 0.409. The van der Waals surface area contributed by atoms with Crippen molar-refractivity contribution in [3.05, 3.63) is 59.5 Å². The Kier molecular flexibility index (Phi) is 8.49. The summed E-state index contributed by atoms with van der Waals surface area (Å²) in [6.45, 7) is 0. The van der Waals surface area contributed by atoms with Crippen LogP contribution in [0, 0.1) is 0 Å². The molecular weight excluding hydrogens is 340 g/mol. The molecule has 0 aromatic rings. The summed E-state index contributed by atoms with van der Waals surface area (Å²) in [7, 11) is 1.64. The summed E-state index contributed by atoms with van der Waals surface area (Å²) in [5.41, 5.74) is 0.849. The Labute approximate surface area is 161 Å². The van der Waals surface area contributed by atoms with Crippen LogP contribution in [-0.2, 0) is 14.4 Å². The fourth-order valence-electron chi connectivity index (χ4n) is 3.14. The van der Waals surface area contributed by atoms with Gasteiger partial charge in [-0.2, -0.15) is 0 Å². The number of carbonyl (C=O) groups is 3. The molecule has 1 aliphatic heterocycles. The summed E-state index contributed by atoms with van der Waals surface area (Å²) in [4.78, 5) is 37.1. The van der Waals surface area contributed by atoms with E-state index in [1.54, 1.807) is 13.1 Å². The number of amides is 1. The van der Waals surface area contributed by atoms with Crippen molar-refractivity contribution in [2.75, 3.05) is 7.05 Å². The van der Waals surface area contributed by atoms with Gasteiger partial charge in [-0.25, -0.2) is 0 Å². The van der Waals surface area contributed by atoms with E-state index in [-0.39, 0.29) is 17.3 Å². The molecule has 1 heterocycles. The topological polar surface area (TPSA) is 75.3 Å². The van der Waals surface area contributed by atoms with Crippen LogP contribution in [0.25, 0.3) is 0 Å². The molecule has 0 saturated heterocycles. The molecule has 0 aromatic heterocycles. The van der Waals surface area contributed by atoms with Gasteiger partial charge < -0.3 is 10.6 Å².